The van der Waals surface area contributed by atoms with E-state index < -0.39 is 0 Å². The van der Waals surface area contributed by atoms with Crippen LogP contribution in [0.2, 0.25) is 0 Å². The Labute approximate surface area is 320 Å². The third-order valence-electron chi connectivity index (χ3n) is 7.60. The molecule has 2 nitrogen and oxygen atoms in total. The Morgan fingerprint density at radius 3 is 1.15 bits per heavy atom. The van der Waals surface area contributed by atoms with Crippen LogP contribution >= 0.6 is 0 Å². The summed E-state index contributed by atoms with van der Waals surface area (Å²) in [7, 11) is 0. The molecule has 0 radical (unpaired) electrons. The third-order valence-corrected chi connectivity index (χ3v) is 7.60. The molecule has 0 atom stereocenters. The van der Waals surface area contributed by atoms with Crippen molar-refractivity contribution < 1.29 is 77.2 Å². The number of halogens is 2. The molecule has 0 N–H and O–H groups in total. The monoisotopic (exact) mass is 786 g/mol. The zero-order valence-corrected chi connectivity index (χ0v) is 31.2. The smallest absolute Gasteiger partial charge is 1.00 e. The molecule has 0 fully saturated rings. The Bertz CT molecular complexity index is 1920. The molecule has 0 aliphatic heterocycles. The molecule has 6 aromatic carbocycles. The van der Waals surface area contributed by atoms with Gasteiger partial charge in [-0.25, -0.2) is 0 Å². The number of nitrogens with zero attached hydrogens (tertiary/aromatic N) is 2. The van der Waals surface area contributed by atoms with Gasteiger partial charge in [0.05, 0.1) is 11.4 Å². The summed E-state index contributed by atoms with van der Waals surface area (Å²) in [5.41, 5.74) is 9.44. The Hall–Kier alpha value is -3.25. The summed E-state index contributed by atoms with van der Waals surface area (Å²) in [6, 6.07) is 54.9. The van der Waals surface area contributed by atoms with Crippen molar-refractivity contribution in [3.05, 3.63) is 170 Å². The van der Waals surface area contributed by atoms with E-state index in [9.17, 15) is 0 Å². The Morgan fingerprint density at radius 1 is 0.391 bits per heavy atom. The SMILES string of the molecule is [Cl-].[Cl-].[Zr+2].[Zr+2].c1ccc(-c2cc3c(-c4ccccn4)cccc3[cH-]2)cc1.c1ccc(-c2cc3c(-c4ccccn4)cccc3[cH-]2)cc1. The average molecular weight is 790 g/mol. The van der Waals surface area contributed by atoms with E-state index in [1.165, 1.54) is 54.9 Å². The van der Waals surface area contributed by atoms with Crippen molar-refractivity contribution in [3.8, 4) is 44.8 Å². The second-order valence-corrected chi connectivity index (χ2v) is 10.3. The topological polar surface area (TPSA) is 25.8 Å². The Morgan fingerprint density at radius 2 is 0.783 bits per heavy atom. The second kappa shape index (κ2) is 17.6. The van der Waals surface area contributed by atoms with Gasteiger partial charge in [-0.2, -0.15) is 0 Å². The molecule has 0 saturated carbocycles. The van der Waals surface area contributed by atoms with Crippen molar-refractivity contribution in [2.45, 2.75) is 0 Å². The summed E-state index contributed by atoms with van der Waals surface area (Å²) >= 11 is 0. The number of fused-ring (bicyclic) bond motifs is 2. The molecule has 0 unspecified atom stereocenters. The van der Waals surface area contributed by atoms with Crippen LogP contribution in [0.25, 0.3) is 66.3 Å². The fraction of sp³-hybridized carbons (Fsp3) is 0. The predicted molar refractivity (Wildman–Crippen MR) is 176 cm³/mol. The van der Waals surface area contributed by atoms with E-state index in [0.717, 1.165) is 11.4 Å². The van der Waals surface area contributed by atoms with Crippen molar-refractivity contribution in [2.24, 2.45) is 0 Å². The number of hydrogen-bond donors (Lipinski definition) is 0. The summed E-state index contributed by atoms with van der Waals surface area (Å²) in [6.45, 7) is 0. The summed E-state index contributed by atoms with van der Waals surface area (Å²) in [5, 5.41) is 5.04. The minimum atomic E-state index is 0. The fourth-order valence-electron chi connectivity index (χ4n) is 5.55. The van der Waals surface area contributed by atoms with E-state index in [-0.39, 0.29) is 77.2 Å². The van der Waals surface area contributed by atoms with E-state index in [4.69, 9.17) is 0 Å². The Kier molecular flexibility index (Phi) is 14.2. The van der Waals surface area contributed by atoms with Crippen LogP contribution in [-0.2, 0) is 52.4 Å². The predicted octanol–water partition coefficient (Wildman–Crippen LogP) is 4.58. The summed E-state index contributed by atoms with van der Waals surface area (Å²) in [6.07, 6.45) is 3.68. The maximum absolute atomic E-state index is 4.48. The number of aromatic nitrogens is 2. The van der Waals surface area contributed by atoms with Gasteiger partial charge in [-0.1, -0.05) is 108 Å². The molecule has 8 aromatic rings. The van der Waals surface area contributed by atoms with Gasteiger partial charge in [-0.15, -0.1) is 69.1 Å². The summed E-state index contributed by atoms with van der Waals surface area (Å²) in [5.74, 6) is 0. The van der Waals surface area contributed by atoms with E-state index in [2.05, 4.69) is 131 Å². The van der Waals surface area contributed by atoms with Gasteiger partial charge >= 0.3 is 52.4 Å². The zero-order chi connectivity index (χ0) is 28.1. The van der Waals surface area contributed by atoms with Crippen LogP contribution in [0.4, 0.5) is 0 Å². The van der Waals surface area contributed by atoms with Gasteiger partial charge in [0.2, 0.25) is 0 Å². The maximum atomic E-state index is 4.48. The molecular formula is C40H28Cl2N2Zr2. The summed E-state index contributed by atoms with van der Waals surface area (Å²) in [4.78, 5) is 8.96. The van der Waals surface area contributed by atoms with Gasteiger partial charge in [0.15, 0.2) is 0 Å². The van der Waals surface area contributed by atoms with Crippen molar-refractivity contribution in [3.63, 3.8) is 0 Å². The quantitative estimate of drug-likeness (QED) is 0.245. The van der Waals surface area contributed by atoms with Gasteiger partial charge in [0.1, 0.15) is 0 Å². The number of pyridine rings is 2. The molecule has 0 aliphatic rings. The molecular weight excluding hydrogens is 762 g/mol. The zero-order valence-electron chi connectivity index (χ0n) is 24.8. The van der Waals surface area contributed by atoms with Gasteiger partial charge in [0, 0.05) is 12.4 Å². The van der Waals surface area contributed by atoms with Crippen molar-refractivity contribution in [1.29, 1.82) is 0 Å². The van der Waals surface area contributed by atoms with Crippen LogP contribution in [0.1, 0.15) is 0 Å². The maximum Gasteiger partial charge on any atom is 2.00 e. The molecule has 2 aromatic heterocycles. The van der Waals surface area contributed by atoms with Crippen LogP contribution in [0.15, 0.2) is 170 Å². The first-order valence-electron chi connectivity index (χ1n) is 14.2. The standard InChI is InChI=1S/2C20H14N.2ClH.2Zr/c2*1-2-7-15(8-3-1)17-13-16-9-6-10-18(19(16)14-17)20-11-4-5-12-21-20;;;;/h2*1-14H;2*1H;;/q2*-1;;;2*+2/p-2. The number of rotatable bonds is 4. The normalized spacial score (nSPS) is 9.91. The molecule has 46 heavy (non-hydrogen) atoms. The van der Waals surface area contributed by atoms with Crippen LogP contribution in [0.3, 0.4) is 0 Å². The van der Waals surface area contributed by atoms with Crippen molar-refractivity contribution in [2.75, 3.05) is 0 Å². The minimum absolute atomic E-state index is 0. The molecule has 8 rings (SSSR count). The summed E-state index contributed by atoms with van der Waals surface area (Å²) < 4.78 is 0. The van der Waals surface area contributed by atoms with Crippen LogP contribution in [-0.4, -0.2) is 9.97 Å². The third kappa shape index (κ3) is 8.17. The van der Waals surface area contributed by atoms with E-state index in [1.807, 2.05) is 48.8 Å². The molecule has 0 amide bonds. The van der Waals surface area contributed by atoms with Crippen LogP contribution < -0.4 is 24.8 Å². The molecule has 2 heterocycles. The molecule has 0 aliphatic carbocycles. The van der Waals surface area contributed by atoms with Crippen LogP contribution in [0.5, 0.6) is 0 Å². The number of benzene rings is 4. The molecule has 6 heteroatoms. The first-order chi connectivity index (χ1) is 20.8. The van der Waals surface area contributed by atoms with Gasteiger partial charge in [0.25, 0.3) is 0 Å². The van der Waals surface area contributed by atoms with Gasteiger partial charge in [-0.3, -0.25) is 9.97 Å². The first-order valence-corrected chi connectivity index (χ1v) is 14.2. The number of hydrogen-bond acceptors (Lipinski definition) is 2. The fourth-order valence-corrected chi connectivity index (χ4v) is 5.55. The van der Waals surface area contributed by atoms with Crippen molar-refractivity contribution in [1.82, 2.24) is 9.97 Å². The van der Waals surface area contributed by atoms with Crippen molar-refractivity contribution >= 4 is 21.5 Å². The minimum Gasteiger partial charge on any atom is -1.00 e. The molecule has 0 saturated heterocycles. The second-order valence-electron chi connectivity index (χ2n) is 10.3. The van der Waals surface area contributed by atoms with Gasteiger partial charge < -0.3 is 24.8 Å². The molecule has 0 bridgehead atoms. The molecule has 220 valence electrons. The van der Waals surface area contributed by atoms with Gasteiger partial charge in [-0.05, 0) is 35.4 Å². The largest absolute Gasteiger partial charge is 2.00 e. The Balaban J connectivity index is 0.000000230. The molecule has 0 spiro atoms. The van der Waals surface area contributed by atoms with E-state index in [0.29, 0.717) is 0 Å². The first kappa shape index (κ1) is 37.2. The average Bonchev–Trinajstić information content (AvgIpc) is 3.72. The van der Waals surface area contributed by atoms with E-state index >= 15 is 0 Å². The van der Waals surface area contributed by atoms with E-state index in [1.54, 1.807) is 0 Å². The van der Waals surface area contributed by atoms with Crippen LogP contribution in [0, 0.1) is 0 Å².